The van der Waals surface area contributed by atoms with E-state index in [0.717, 1.165) is 22.0 Å². The van der Waals surface area contributed by atoms with Crippen LogP contribution in [0.2, 0.25) is 0 Å². The maximum Gasteiger partial charge on any atom is 0.410 e. The van der Waals surface area contributed by atoms with Gasteiger partial charge in [0.05, 0.1) is 0 Å². The lowest BCUT2D eigenvalue weighted by Crippen LogP contribution is -2.48. The Morgan fingerprint density at radius 3 is 2.46 bits per heavy atom. The highest BCUT2D eigenvalue weighted by molar-refractivity contribution is 5.78. The number of rotatable bonds is 4. The second kappa shape index (κ2) is 8.27. The van der Waals surface area contributed by atoms with Crippen LogP contribution in [-0.2, 0) is 17.9 Å². The number of ether oxygens (including phenoxy) is 1. The van der Waals surface area contributed by atoms with Gasteiger partial charge in [-0.2, -0.15) is 0 Å². The first-order valence-corrected chi connectivity index (χ1v) is 9.48. The second-order valence-electron chi connectivity index (χ2n) is 7.01. The minimum atomic E-state index is -0.285. The molecule has 28 heavy (non-hydrogen) atoms. The maximum atomic E-state index is 12.3. The largest absolute Gasteiger partial charge is 0.445 e. The Morgan fingerprint density at radius 1 is 0.964 bits per heavy atom. The van der Waals surface area contributed by atoms with Gasteiger partial charge >= 0.3 is 6.09 Å². The number of hydrogen-bond acceptors (Lipinski definition) is 4. The smallest absolute Gasteiger partial charge is 0.410 e. The summed E-state index contributed by atoms with van der Waals surface area (Å²) in [6, 6.07) is 19.4. The number of nitrogens with one attached hydrogen (secondary N) is 1. The molecule has 0 unspecified atom stereocenters. The number of hydrogen-bond donors (Lipinski definition) is 1. The van der Waals surface area contributed by atoms with Crippen molar-refractivity contribution in [3.8, 4) is 0 Å². The van der Waals surface area contributed by atoms with E-state index < -0.39 is 0 Å². The molecule has 0 saturated carbocycles. The molecule has 6 nitrogen and oxygen atoms in total. The first kappa shape index (κ1) is 18.3. The zero-order chi connectivity index (χ0) is 19.3. The third-order valence-corrected chi connectivity index (χ3v) is 5.06. The number of fused-ring (bicyclic) bond motifs is 1. The summed E-state index contributed by atoms with van der Waals surface area (Å²) in [4.78, 5) is 31.5. The number of aromatic amines is 1. The van der Waals surface area contributed by atoms with Crippen molar-refractivity contribution < 1.29 is 9.53 Å². The quantitative estimate of drug-likeness (QED) is 0.759. The Balaban J connectivity index is 1.31. The van der Waals surface area contributed by atoms with Crippen LogP contribution in [0.25, 0.3) is 10.9 Å². The number of nitrogens with zero attached hydrogens (tertiary/aromatic N) is 2. The van der Waals surface area contributed by atoms with Crippen molar-refractivity contribution >= 4 is 17.0 Å². The molecular weight excluding hydrogens is 354 g/mol. The SMILES string of the molecule is O=C(OCc1ccccc1)N1CCN(Cc2cc3ccccc3[nH]c2=O)CC1. The van der Waals surface area contributed by atoms with Gasteiger partial charge in [-0.05, 0) is 23.1 Å². The van der Waals surface area contributed by atoms with Crippen molar-refractivity contribution in [2.75, 3.05) is 26.2 Å². The molecule has 6 heteroatoms. The molecule has 2 aromatic carbocycles. The highest BCUT2D eigenvalue weighted by Crippen LogP contribution is 2.13. The first-order valence-electron chi connectivity index (χ1n) is 9.48. The summed E-state index contributed by atoms with van der Waals surface area (Å²) in [6.45, 7) is 3.48. The van der Waals surface area contributed by atoms with E-state index in [4.69, 9.17) is 4.74 Å². The van der Waals surface area contributed by atoms with E-state index in [0.29, 0.717) is 32.7 Å². The van der Waals surface area contributed by atoms with Gasteiger partial charge in [0, 0.05) is 43.8 Å². The third kappa shape index (κ3) is 4.23. The number of H-pyrrole nitrogens is 1. The van der Waals surface area contributed by atoms with Crippen molar-refractivity contribution in [3.05, 3.63) is 82.1 Å². The molecule has 1 amide bonds. The predicted molar refractivity (Wildman–Crippen MR) is 108 cm³/mol. The minimum absolute atomic E-state index is 0.0524. The topological polar surface area (TPSA) is 65.6 Å². The van der Waals surface area contributed by atoms with Gasteiger partial charge < -0.3 is 14.6 Å². The van der Waals surface area contributed by atoms with Crippen molar-refractivity contribution in [2.45, 2.75) is 13.2 Å². The number of piperazine rings is 1. The molecular formula is C22H23N3O3. The van der Waals surface area contributed by atoms with Crippen LogP contribution in [0.15, 0.2) is 65.5 Å². The Bertz CT molecular complexity index is 1010. The molecule has 1 aliphatic rings. The van der Waals surface area contributed by atoms with Gasteiger partial charge in [-0.3, -0.25) is 9.69 Å². The van der Waals surface area contributed by atoms with Crippen LogP contribution < -0.4 is 5.56 Å². The van der Waals surface area contributed by atoms with E-state index in [1.165, 1.54) is 0 Å². The summed E-state index contributed by atoms with van der Waals surface area (Å²) in [5.41, 5.74) is 2.52. The fraction of sp³-hybridized carbons (Fsp3) is 0.273. The Hall–Kier alpha value is -3.12. The predicted octanol–water partition coefficient (Wildman–Crippen LogP) is 2.98. The molecule has 3 aromatic rings. The molecule has 2 heterocycles. The number of amides is 1. The minimum Gasteiger partial charge on any atom is -0.445 e. The van der Waals surface area contributed by atoms with Crippen LogP contribution in [0.4, 0.5) is 4.79 Å². The van der Waals surface area contributed by atoms with Crippen LogP contribution in [-0.4, -0.2) is 47.1 Å². The molecule has 0 spiro atoms. The van der Waals surface area contributed by atoms with Crippen LogP contribution in [0.1, 0.15) is 11.1 Å². The molecule has 1 N–H and O–H groups in total. The molecule has 0 atom stereocenters. The van der Waals surface area contributed by atoms with E-state index in [2.05, 4.69) is 9.88 Å². The number of carbonyl (C=O) groups excluding carboxylic acids is 1. The van der Waals surface area contributed by atoms with Gasteiger partial charge in [0.1, 0.15) is 6.61 Å². The van der Waals surface area contributed by atoms with Crippen molar-refractivity contribution in [1.82, 2.24) is 14.8 Å². The van der Waals surface area contributed by atoms with Gasteiger partial charge in [-0.15, -0.1) is 0 Å². The number of pyridine rings is 1. The summed E-state index contributed by atoms with van der Waals surface area (Å²) in [5, 5.41) is 1.03. The van der Waals surface area contributed by atoms with E-state index in [-0.39, 0.29) is 18.3 Å². The molecule has 0 radical (unpaired) electrons. The molecule has 1 saturated heterocycles. The summed E-state index contributed by atoms with van der Waals surface area (Å²) in [6.07, 6.45) is -0.285. The number of benzene rings is 2. The van der Waals surface area contributed by atoms with Gasteiger partial charge in [-0.1, -0.05) is 48.5 Å². The molecule has 1 aliphatic heterocycles. The van der Waals surface area contributed by atoms with Gasteiger partial charge in [0.25, 0.3) is 5.56 Å². The van der Waals surface area contributed by atoms with Crippen molar-refractivity contribution in [1.29, 1.82) is 0 Å². The monoisotopic (exact) mass is 377 g/mol. The van der Waals surface area contributed by atoms with Crippen LogP contribution >= 0.6 is 0 Å². The Kier molecular flexibility index (Phi) is 5.39. The highest BCUT2D eigenvalue weighted by Gasteiger charge is 2.22. The summed E-state index contributed by atoms with van der Waals surface area (Å²) < 4.78 is 5.40. The average molecular weight is 377 g/mol. The molecule has 0 bridgehead atoms. The van der Waals surface area contributed by atoms with Crippen LogP contribution in [0.3, 0.4) is 0 Å². The van der Waals surface area contributed by atoms with Gasteiger partial charge in [0.15, 0.2) is 0 Å². The van der Waals surface area contributed by atoms with E-state index in [1.54, 1.807) is 4.90 Å². The highest BCUT2D eigenvalue weighted by atomic mass is 16.6. The van der Waals surface area contributed by atoms with Crippen LogP contribution in [0, 0.1) is 0 Å². The average Bonchev–Trinajstić information content (AvgIpc) is 2.74. The normalized spacial score (nSPS) is 14.9. The standard InChI is InChI=1S/C22H23N3O3/c26-21-19(14-18-8-4-5-9-20(18)23-21)15-24-10-12-25(13-11-24)22(27)28-16-17-6-2-1-3-7-17/h1-9,14H,10-13,15-16H2,(H,23,26). The number of carbonyl (C=O) groups is 1. The molecule has 0 aliphatic carbocycles. The zero-order valence-electron chi connectivity index (χ0n) is 15.6. The maximum absolute atomic E-state index is 12.3. The van der Waals surface area contributed by atoms with Crippen LogP contribution in [0.5, 0.6) is 0 Å². The summed E-state index contributed by atoms with van der Waals surface area (Å²) in [5.74, 6) is 0. The van der Waals surface area contributed by atoms with E-state index in [1.807, 2.05) is 60.7 Å². The molecule has 144 valence electrons. The Labute approximate surface area is 163 Å². The summed E-state index contributed by atoms with van der Waals surface area (Å²) in [7, 11) is 0. The lowest BCUT2D eigenvalue weighted by molar-refractivity contribution is 0.0700. The first-order chi connectivity index (χ1) is 13.7. The molecule has 1 aromatic heterocycles. The molecule has 1 fully saturated rings. The number of para-hydroxylation sites is 1. The third-order valence-electron chi connectivity index (χ3n) is 5.06. The van der Waals surface area contributed by atoms with Crippen molar-refractivity contribution in [2.24, 2.45) is 0 Å². The fourth-order valence-electron chi connectivity index (χ4n) is 3.45. The fourth-order valence-corrected chi connectivity index (χ4v) is 3.45. The van der Waals surface area contributed by atoms with E-state index in [9.17, 15) is 9.59 Å². The van der Waals surface area contributed by atoms with Gasteiger partial charge in [0.2, 0.25) is 0 Å². The summed E-state index contributed by atoms with van der Waals surface area (Å²) >= 11 is 0. The lowest BCUT2D eigenvalue weighted by atomic mass is 10.1. The van der Waals surface area contributed by atoms with Gasteiger partial charge in [-0.25, -0.2) is 4.79 Å². The molecule has 4 rings (SSSR count). The number of aromatic nitrogens is 1. The second-order valence-corrected chi connectivity index (χ2v) is 7.01. The van der Waals surface area contributed by atoms with Crippen molar-refractivity contribution in [3.63, 3.8) is 0 Å². The van der Waals surface area contributed by atoms with E-state index >= 15 is 0 Å². The zero-order valence-corrected chi connectivity index (χ0v) is 15.6. The Morgan fingerprint density at radius 2 is 1.68 bits per heavy atom. The lowest BCUT2D eigenvalue weighted by Gasteiger charge is -2.33.